The molecule has 0 bridgehead atoms. The first kappa shape index (κ1) is 18.1. The number of hydrogen-bond donors (Lipinski definition) is 0. The topological polar surface area (TPSA) is 43.1 Å². The number of benzene rings is 1. The SMILES string of the molecule is Cl[Si](Cl)(Cl)Cl.O=[N+]([O-])[Si](F)(F)Cc1ccccc1. The van der Waals surface area contributed by atoms with Crippen LogP contribution in [-0.2, 0) is 6.04 Å². The average molecular weight is 373 g/mol. The minimum Gasteiger partial charge on any atom is -0.284 e. The van der Waals surface area contributed by atoms with E-state index in [4.69, 9.17) is 44.3 Å². The first-order valence-electron chi connectivity index (χ1n) is 4.34. The second-order valence-electron chi connectivity index (χ2n) is 3.01. The number of halogens is 6. The first-order valence-corrected chi connectivity index (χ1v) is 12.3. The van der Waals surface area contributed by atoms with Crippen LogP contribution in [0.15, 0.2) is 30.3 Å². The molecule has 0 radical (unpaired) electrons. The molecule has 0 aliphatic heterocycles. The lowest BCUT2D eigenvalue weighted by Gasteiger charge is -2.01. The van der Waals surface area contributed by atoms with Gasteiger partial charge in [0.2, 0.25) is 0 Å². The normalized spacial score (nSPS) is 11.4. The molecular formula is C7H7Cl4F2NO2Si2. The third kappa shape index (κ3) is 10.0. The lowest BCUT2D eigenvalue weighted by molar-refractivity contribution is -0.369. The molecular weight excluding hydrogens is 366 g/mol. The van der Waals surface area contributed by atoms with Crippen molar-refractivity contribution in [3.63, 3.8) is 0 Å². The molecule has 0 aliphatic carbocycles. The fourth-order valence-electron chi connectivity index (χ4n) is 0.906. The minimum atomic E-state index is -5.30. The summed E-state index contributed by atoms with van der Waals surface area (Å²) in [4.78, 5) is 9.94. The Bertz CT molecular complexity index is 385. The lowest BCUT2D eigenvalue weighted by atomic mass is 10.2. The molecule has 0 saturated carbocycles. The van der Waals surface area contributed by atoms with E-state index in [0.717, 1.165) is 0 Å². The summed E-state index contributed by atoms with van der Waals surface area (Å²) in [6.07, 6.45) is 0. The molecule has 102 valence electrons. The summed E-state index contributed by atoms with van der Waals surface area (Å²) in [6.45, 7) is 0. The van der Waals surface area contributed by atoms with E-state index in [1.165, 1.54) is 12.1 Å². The summed E-state index contributed by atoms with van der Waals surface area (Å²) in [6, 6.07) is 7.05. The second-order valence-corrected chi connectivity index (χ2v) is 16.2. The Labute approximate surface area is 123 Å². The quantitative estimate of drug-likeness (QED) is 0.343. The van der Waals surface area contributed by atoms with E-state index in [0.29, 0.717) is 5.56 Å². The number of nitro groups is 1. The Balaban J connectivity index is 0.000000494. The molecule has 0 atom stereocenters. The third-order valence-corrected chi connectivity index (χ3v) is 2.89. The zero-order valence-electron chi connectivity index (χ0n) is 8.63. The summed E-state index contributed by atoms with van der Waals surface area (Å²) in [5.41, 5.74) is 0.316. The molecule has 1 rings (SSSR count). The van der Waals surface area contributed by atoms with Gasteiger partial charge in [0.05, 0.1) is 6.04 Å². The predicted octanol–water partition coefficient (Wildman–Crippen LogP) is 4.30. The summed E-state index contributed by atoms with van der Waals surface area (Å²) >= 11 is 19.9. The molecule has 1 aromatic carbocycles. The maximum atomic E-state index is 12.7. The smallest absolute Gasteiger partial charge is 0.284 e. The van der Waals surface area contributed by atoms with Gasteiger partial charge in [0.25, 0.3) is 0 Å². The van der Waals surface area contributed by atoms with Gasteiger partial charge >= 0.3 is 14.2 Å². The van der Waals surface area contributed by atoms with Crippen LogP contribution in [-0.4, -0.2) is 18.8 Å². The van der Waals surface area contributed by atoms with Crippen LogP contribution in [0.2, 0.25) is 0 Å². The van der Waals surface area contributed by atoms with Crippen molar-refractivity contribution < 1.29 is 12.8 Å². The largest absolute Gasteiger partial charge is 0.822 e. The van der Waals surface area contributed by atoms with E-state index in [9.17, 15) is 18.3 Å². The Morgan fingerprint density at radius 3 is 1.83 bits per heavy atom. The van der Waals surface area contributed by atoms with Gasteiger partial charge < -0.3 is 0 Å². The first-order chi connectivity index (χ1) is 8.02. The van der Waals surface area contributed by atoms with Crippen LogP contribution in [0, 0.1) is 10.1 Å². The Hall–Kier alpha value is 0.0738. The van der Waals surface area contributed by atoms with Crippen molar-refractivity contribution in [2.75, 3.05) is 0 Å². The van der Waals surface area contributed by atoms with Crippen LogP contribution in [0.5, 0.6) is 0 Å². The van der Waals surface area contributed by atoms with Crippen LogP contribution in [0.4, 0.5) is 8.22 Å². The molecule has 0 N–H and O–H groups in total. The molecule has 0 fully saturated rings. The van der Waals surface area contributed by atoms with Crippen molar-refractivity contribution in [1.29, 1.82) is 0 Å². The fraction of sp³-hybridized carbons (Fsp3) is 0.143. The van der Waals surface area contributed by atoms with Gasteiger partial charge in [0, 0.05) is 4.59 Å². The molecule has 0 spiro atoms. The van der Waals surface area contributed by atoms with Crippen LogP contribution in [0.25, 0.3) is 0 Å². The number of nitrogens with zero attached hydrogens (tertiary/aromatic N) is 1. The van der Waals surface area contributed by atoms with E-state index in [1.54, 1.807) is 18.2 Å². The molecule has 0 amide bonds. The van der Waals surface area contributed by atoms with Crippen LogP contribution < -0.4 is 0 Å². The monoisotopic (exact) mass is 371 g/mol. The number of hydrogen-bond acceptors (Lipinski definition) is 2. The van der Waals surface area contributed by atoms with Crippen LogP contribution >= 0.6 is 44.3 Å². The van der Waals surface area contributed by atoms with E-state index >= 15 is 0 Å². The fourth-order valence-corrected chi connectivity index (χ4v) is 1.76. The molecule has 11 heteroatoms. The van der Waals surface area contributed by atoms with E-state index < -0.39 is 24.8 Å². The summed E-state index contributed by atoms with van der Waals surface area (Å²) in [7, 11) is -5.30. The van der Waals surface area contributed by atoms with Crippen molar-refractivity contribution in [2.45, 2.75) is 6.04 Å². The Kier molecular flexibility index (Phi) is 7.64. The molecule has 1 aromatic rings. The predicted molar refractivity (Wildman–Crippen MR) is 74.3 cm³/mol. The van der Waals surface area contributed by atoms with Crippen molar-refractivity contribution in [3.8, 4) is 0 Å². The standard InChI is InChI=1S/C7H7F2NO2Si.Cl4Si/c8-13(9,10(11)12)6-7-4-2-1-3-5-7;1-5(2,3)4/h1-5H,6H2;. The highest BCUT2D eigenvalue weighted by atomic mass is 36.0. The molecule has 0 saturated heterocycles. The van der Waals surface area contributed by atoms with Crippen LogP contribution in [0.1, 0.15) is 5.56 Å². The molecule has 18 heavy (non-hydrogen) atoms. The highest BCUT2D eigenvalue weighted by molar-refractivity contribution is 7.81. The Morgan fingerprint density at radius 2 is 1.50 bits per heavy atom. The van der Waals surface area contributed by atoms with Gasteiger partial charge in [0.1, 0.15) is 0 Å². The molecule has 0 heterocycles. The van der Waals surface area contributed by atoms with Gasteiger partial charge in [-0.25, -0.2) is 8.22 Å². The van der Waals surface area contributed by atoms with Gasteiger partial charge in [-0.2, -0.15) is 0 Å². The third-order valence-electron chi connectivity index (χ3n) is 1.53. The van der Waals surface area contributed by atoms with Crippen molar-refractivity contribution in [2.24, 2.45) is 0 Å². The van der Waals surface area contributed by atoms with Crippen molar-refractivity contribution in [3.05, 3.63) is 46.0 Å². The summed E-state index contributed by atoms with van der Waals surface area (Å²) in [5, 5.41) is 7.22. The van der Waals surface area contributed by atoms with Gasteiger partial charge in [0.15, 0.2) is 0 Å². The van der Waals surface area contributed by atoms with Gasteiger partial charge in [-0.05, 0) is 5.56 Å². The molecule has 0 aromatic heterocycles. The van der Waals surface area contributed by atoms with Gasteiger partial charge in [-0.15, -0.1) is 44.3 Å². The lowest BCUT2D eigenvalue weighted by Crippen LogP contribution is -2.37. The maximum absolute atomic E-state index is 12.7. The highest BCUT2D eigenvalue weighted by Gasteiger charge is 2.56. The molecule has 3 nitrogen and oxygen atoms in total. The second kappa shape index (κ2) is 7.61. The molecule has 0 aliphatic rings. The zero-order chi connectivity index (χ0) is 14.4. The van der Waals surface area contributed by atoms with E-state index in [-0.39, 0.29) is 0 Å². The molecule has 0 unspecified atom stereocenters. The van der Waals surface area contributed by atoms with Crippen molar-refractivity contribution >= 4 is 58.5 Å². The summed E-state index contributed by atoms with van der Waals surface area (Å²) in [5.74, 6) is 0. The van der Waals surface area contributed by atoms with Gasteiger partial charge in [-0.1, -0.05) is 30.3 Å². The zero-order valence-corrected chi connectivity index (χ0v) is 13.6. The Morgan fingerprint density at radius 1 is 1.11 bits per heavy atom. The maximum Gasteiger partial charge on any atom is 0.822 e. The minimum absolute atomic E-state index is 0.316. The highest BCUT2D eigenvalue weighted by Crippen LogP contribution is 2.23. The number of rotatable bonds is 3. The average Bonchev–Trinajstić information content (AvgIpc) is 2.15. The van der Waals surface area contributed by atoms with E-state index in [1.807, 2.05) is 0 Å². The van der Waals surface area contributed by atoms with E-state index in [2.05, 4.69) is 0 Å². The van der Waals surface area contributed by atoms with Crippen molar-refractivity contribution in [1.82, 2.24) is 0 Å². The van der Waals surface area contributed by atoms with Gasteiger partial charge in [-0.3, -0.25) is 10.1 Å². The van der Waals surface area contributed by atoms with Crippen LogP contribution in [0.3, 0.4) is 0 Å². The summed E-state index contributed by atoms with van der Waals surface area (Å²) < 4.78 is 23.9.